The number of nitrogens with zero attached hydrogens (tertiary/aromatic N) is 6. The maximum Gasteiger partial charge on any atom is 0.230 e. The summed E-state index contributed by atoms with van der Waals surface area (Å²) in [5, 5.41) is 7.13. The van der Waals surface area contributed by atoms with Crippen LogP contribution in [0.3, 0.4) is 0 Å². The standard InChI is InChI=1S/C22H28N6OS2/c30-22-27(18-25-10-8-24(9-11-25)17-20-7-4-16-31-20)23-21(26-12-14-29-15-13-26)28(22)19-5-2-1-3-6-19/h1-7,16H,8-15,17-18H2. The molecule has 2 saturated heterocycles. The molecular formula is C22H28N6OS2. The first-order chi connectivity index (χ1) is 15.3. The highest BCUT2D eigenvalue weighted by Crippen LogP contribution is 2.21. The maximum absolute atomic E-state index is 5.90. The van der Waals surface area contributed by atoms with Crippen LogP contribution in [0.2, 0.25) is 0 Å². The van der Waals surface area contributed by atoms with Crippen molar-refractivity contribution in [2.75, 3.05) is 57.4 Å². The first-order valence-electron chi connectivity index (χ1n) is 10.8. The number of thiophene rings is 1. The number of hydrogen-bond donors (Lipinski definition) is 0. The predicted octanol–water partition coefficient (Wildman–Crippen LogP) is 3.08. The SMILES string of the molecule is S=c1n(CN2CCN(Cc3cccs3)CC2)nc(N2CCOCC2)n1-c1ccccc1. The summed E-state index contributed by atoms with van der Waals surface area (Å²) in [6.07, 6.45) is 0. The highest BCUT2D eigenvalue weighted by atomic mass is 32.1. The fourth-order valence-corrected chi connectivity index (χ4v) is 5.19. The van der Waals surface area contributed by atoms with Crippen molar-refractivity contribution >= 4 is 29.5 Å². The lowest BCUT2D eigenvalue weighted by Gasteiger charge is -2.34. The van der Waals surface area contributed by atoms with Gasteiger partial charge in [0.05, 0.1) is 25.6 Å². The van der Waals surface area contributed by atoms with E-state index in [0.717, 1.165) is 82.1 Å². The molecule has 0 amide bonds. The molecule has 2 fully saturated rings. The Labute approximate surface area is 192 Å². The molecule has 5 rings (SSSR count). The number of hydrogen-bond acceptors (Lipinski definition) is 7. The molecule has 164 valence electrons. The molecule has 2 aliphatic heterocycles. The van der Waals surface area contributed by atoms with Gasteiger partial charge in [-0.2, -0.15) is 0 Å². The van der Waals surface area contributed by atoms with Crippen molar-refractivity contribution in [1.29, 1.82) is 0 Å². The summed E-state index contributed by atoms with van der Waals surface area (Å²) in [7, 11) is 0. The van der Waals surface area contributed by atoms with Gasteiger partial charge in [0, 0.05) is 50.7 Å². The molecule has 0 atom stereocenters. The lowest BCUT2D eigenvalue weighted by atomic mass is 10.3. The van der Waals surface area contributed by atoms with E-state index in [1.165, 1.54) is 4.88 Å². The summed E-state index contributed by atoms with van der Waals surface area (Å²) in [5.74, 6) is 0.913. The number of anilines is 1. The Balaban J connectivity index is 1.32. The fourth-order valence-electron chi connectivity index (χ4n) is 4.16. The van der Waals surface area contributed by atoms with Gasteiger partial charge in [-0.1, -0.05) is 24.3 Å². The molecule has 0 radical (unpaired) electrons. The molecular weight excluding hydrogens is 428 g/mol. The molecule has 7 nitrogen and oxygen atoms in total. The zero-order valence-corrected chi connectivity index (χ0v) is 19.2. The summed E-state index contributed by atoms with van der Waals surface area (Å²) in [4.78, 5) is 8.70. The molecule has 2 aliphatic rings. The van der Waals surface area contributed by atoms with Crippen molar-refractivity contribution in [2.24, 2.45) is 0 Å². The van der Waals surface area contributed by atoms with Crippen molar-refractivity contribution in [3.63, 3.8) is 0 Å². The number of morpholine rings is 1. The van der Waals surface area contributed by atoms with Crippen LogP contribution in [0.25, 0.3) is 5.69 Å². The Hall–Kier alpha value is -2.04. The molecule has 2 aromatic heterocycles. The van der Waals surface area contributed by atoms with E-state index in [-0.39, 0.29) is 0 Å². The Morgan fingerprint density at radius 3 is 2.35 bits per heavy atom. The normalized spacial score (nSPS) is 18.5. The van der Waals surface area contributed by atoms with Crippen molar-refractivity contribution in [1.82, 2.24) is 24.1 Å². The Morgan fingerprint density at radius 1 is 0.903 bits per heavy atom. The van der Waals surface area contributed by atoms with E-state index in [2.05, 4.69) is 48.9 Å². The average molecular weight is 457 g/mol. The second-order valence-corrected chi connectivity index (χ2v) is 9.36. The van der Waals surface area contributed by atoms with Crippen LogP contribution in [-0.2, 0) is 18.0 Å². The Bertz CT molecular complexity index is 1020. The lowest BCUT2D eigenvalue weighted by molar-refractivity contribution is 0.0986. The van der Waals surface area contributed by atoms with Crippen LogP contribution in [0.5, 0.6) is 0 Å². The highest BCUT2D eigenvalue weighted by Gasteiger charge is 2.23. The smallest absolute Gasteiger partial charge is 0.230 e. The van der Waals surface area contributed by atoms with Gasteiger partial charge >= 0.3 is 0 Å². The third-order valence-electron chi connectivity index (χ3n) is 5.89. The van der Waals surface area contributed by atoms with E-state index < -0.39 is 0 Å². The lowest BCUT2D eigenvalue weighted by Crippen LogP contribution is -2.46. The number of ether oxygens (including phenoxy) is 1. The maximum atomic E-state index is 5.90. The van der Waals surface area contributed by atoms with Gasteiger partial charge in [-0.05, 0) is 35.8 Å². The van der Waals surface area contributed by atoms with Crippen LogP contribution in [0, 0.1) is 4.77 Å². The van der Waals surface area contributed by atoms with Crippen LogP contribution in [-0.4, -0.2) is 76.6 Å². The summed E-state index contributed by atoms with van der Waals surface area (Å²) < 4.78 is 10.4. The van der Waals surface area contributed by atoms with Crippen LogP contribution >= 0.6 is 23.6 Å². The van der Waals surface area contributed by atoms with Gasteiger partial charge in [0.1, 0.15) is 0 Å². The van der Waals surface area contributed by atoms with Crippen LogP contribution in [0.4, 0.5) is 5.95 Å². The molecule has 0 N–H and O–H groups in total. The number of aromatic nitrogens is 3. The molecule has 9 heteroatoms. The van der Waals surface area contributed by atoms with Gasteiger partial charge in [0.15, 0.2) is 0 Å². The molecule has 31 heavy (non-hydrogen) atoms. The van der Waals surface area contributed by atoms with E-state index in [1.54, 1.807) is 0 Å². The van der Waals surface area contributed by atoms with Crippen molar-refractivity contribution < 1.29 is 4.74 Å². The second-order valence-electron chi connectivity index (χ2n) is 7.97. The monoisotopic (exact) mass is 456 g/mol. The van der Waals surface area contributed by atoms with Crippen LogP contribution in [0.15, 0.2) is 47.8 Å². The summed E-state index contributed by atoms with van der Waals surface area (Å²) >= 11 is 7.74. The number of para-hydroxylation sites is 1. The van der Waals surface area contributed by atoms with E-state index >= 15 is 0 Å². The van der Waals surface area contributed by atoms with E-state index in [1.807, 2.05) is 34.2 Å². The second kappa shape index (κ2) is 9.62. The molecule has 3 aromatic rings. The summed E-state index contributed by atoms with van der Waals surface area (Å²) in [5.41, 5.74) is 1.06. The van der Waals surface area contributed by atoms with Crippen molar-refractivity contribution in [3.8, 4) is 5.69 Å². The predicted molar refractivity (Wildman–Crippen MR) is 127 cm³/mol. The third-order valence-corrected chi connectivity index (χ3v) is 7.14. The first-order valence-corrected chi connectivity index (χ1v) is 12.1. The molecule has 0 bridgehead atoms. The molecule has 4 heterocycles. The van der Waals surface area contributed by atoms with Gasteiger partial charge in [-0.25, -0.2) is 4.68 Å². The molecule has 1 aromatic carbocycles. The average Bonchev–Trinajstić information content (AvgIpc) is 3.44. The van der Waals surface area contributed by atoms with E-state index in [0.29, 0.717) is 0 Å². The van der Waals surface area contributed by atoms with Gasteiger partial charge in [0.2, 0.25) is 10.7 Å². The summed E-state index contributed by atoms with van der Waals surface area (Å²) in [6.45, 7) is 9.08. The van der Waals surface area contributed by atoms with Crippen LogP contribution < -0.4 is 4.90 Å². The van der Waals surface area contributed by atoms with Gasteiger partial charge in [-0.3, -0.25) is 14.4 Å². The minimum absolute atomic E-state index is 0.723. The highest BCUT2D eigenvalue weighted by molar-refractivity contribution is 7.71. The zero-order valence-electron chi connectivity index (χ0n) is 17.6. The minimum atomic E-state index is 0.723. The third kappa shape index (κ3) is 4.75. The van der Waals surface area contributed by atoms with E-state index in [9.17, 15) is 0 Å². The molecule has 0 aliphatic carbocycles. The first kappa shape index (κ1) is 20.8. The molecule has 0 spiro atoms. The summed E-state index contributed by atoms with van der Waals surface area (Å²) in [6, 6.07) is 14.7. The van der Waals surface area contributed by atoms with Gasteiger partial charge < -0.3 is 9.64 Å². The minimum Gasteiger partial charge on any atom is -0.378 e. The fraction of sp³-hybridized carbons (Fsp3) is 0.455. The van der Waals surface area contributed by atoms with Gasteiger partial charge in [0.25, 0.3) is 0 Å². The zero-order chi connectivity index (χ0) is 21.0. The number of benzene rings is 1. The van der Waals surface area contributed by atoms with Crippen molar-refractivity contribution in [3.05, 3.63) is 57.5 Å². The molecule has 0 unspecified atom stereocenters. The number of rotatable bonds is 6. The topological polar surface area (TPSA) is 41.7 Å². The van der Waals surface area contributed by atoms with Crippen molar-refractivity contribution in [2.45, 2.75) is 13.2 Å². The van der Waals surface area contributed by atoms with Crippen LogP contribution in [0.1, 0.15) is 4.88 Å². The Morgan fingerprint density at radius 2 is 1.65 bits per heavy atom. The van der Waals surface area contributed by atoms with Gasteiger partial charge in [-0.15, -0.1) is 16.4 Å². The Kier molecular flexibility index (Phi) is 6.47. The van der Waals surface area contributed by atoms with E-state index in [4.69, 9.17) is 22.1 Å². The quantitative estimate of drug-likeness (QED) is 0.531. The largest absolute Gasteiger partial charge is 0.378 e. The number of piperazine rings is 1. The molecule has 0 saturated carbocycles.